The molecule has 3 aromatic carbocycles. The zero-order chi connectivity index (χ0) is 25.0. The topological polar surface area (TPSA) is 93.7 Å². The Kier molecular flexibility index (Phi) is 9.86. The van der Waals surface area contributed by atoms with Gasteiger partial charge in [0, 0.05) is 17.3 Å². The number of esters is 1. The van der Waals surface area contributed by atoms with Crippen molar-refractivity contribution < 1.29 is 23.9 Å². The van der Waals surface area contributed by atoms with E-state index in [1.54, 1.807) is 0 Å². The van der Waals surface area contributed by atoms with Crippen molar-refractivity contribution in [2.45, 2.75) is 31.5 Å². The van der Waals surface area contributed by atoms with Gasteiger partial charge in [0.05, 0.1) is 7.11 Å². The van der Waals surface area contributed by atoms with Gasteiger partial charge < -0.3 is 20.1 Å². The van der Waals surface area contributed by atoms with Crippen LogP contribution in [0.2, 0.25) is 0 Å². The number of carbonyl (C=O) groups excluding carboxylic acids is 3. The van der Waals surface area contributed by atoms with Crippen LogP contribution in [0.5, 0.6) is 0 Å². The van der Waals surface area contributed by atoms with E-state index in [1.807, 2.05) is 84.9 Å². The number of hydrogen-bond donors (Lipinski definition) is 2. The summed E-state index contributed by atoms with van der Waals surface area (Å²) in [5.74, 6) is -1.09. The van der Waals surface area contributed by atoms with Gasteiger partial charge in [-0.1, -0.05) is 88.7 Å². The standard InChI is InChI=1S/C27H27BrN2O5/c1-34-26(32)24(17-20-12-14-22(28)15-13-20)29-25(31)23(16-19-8-4-2-5-9-19)30-27(33)35-18-21-10-6-3-7-11-21/h2-15,23-24H,16-18H2,1H3,(H,29,31)(H,30,33)/t23-,24-/m0/s1. The molecule has 2 N–H and O–H groups in total. The zero-order valence-electron chi connectivity index (χ0n) is 19.3. The molecule has 0 heterocycles. The van der Waals surface area contributed by atoms with Crippen LogP contribution in [0.4, 0.5) is 4.79 Å². The van der Waals surface area contributed by atoms with Crippen LogP contribution in [0.15, 0.2) is 89.4 Å². The Morgan fingerprint density at radius 3 is 1.89 bits per heavy atom. The quantitative estimate of drug-likeness (QED) is 0.377. The molecule has 0 aliphatic carbocycles. The Bertz CT molecular complexity index is 1110. The molecule has 35 heavy (non-hydrogen) atoms. The molecule has 0 saturated heterocycles. The van der Waals surface area contributed by atoms with E-state index in [0.29, 0.717) is 0 Å². The van der Waals surface area contributed by atoms with Crippen LogP contribution in [0, 0.1) is 0 Å². The minimum atomic E-state index is -0.960. The van der Waals surface area contributed by atoms with E-state index < -0.39 is 30.1 Å². The van der Waals surface area contributed by atoms with E-state index >= 15 is 0 Å². The first-order valence-corrected chi connectivity index (χ1v) is 11.9. The predicted molar refractivity (Wildman–Crippen MR) is 135 cm³/mol. The van der Waals surface area contributed by atoms with E-state index in [2.05, 4.69) is 26.6 Å². The summed E-state index contributed by atoms with van der Waals surface area (Å²) in [5.41, 5.74) is 2.52. The molecule has 0 radical (unpaired) electrons. The minimum Gasteiger partial charge on any atom is -0.467 e. The summed E-state index contributed by atoms with van der Waals surface area (Å²) < 4.78 is 11.1. The van der Waals surface area contributed by atoms with Crippen molar-refractivity contribution in [1.29, 1.82) is 0 Å². The molecule has 0 fully saturated rings. The average Bonchev–Trinajstić information content (AvgIpc) is 2.88. The number of methoxy groups -OCH3 is 1. The number of nitrogens with one attached hydrogen (secondary N) is 2. The molecular weight excluding hydrogens is 512 g/mol. The second-order valence-corrected chi connectivity index (χ2v) is 8.78. The van der Waals surface area contributed by atoms with Crippen LogP contribution in [-0.2, 0) is 38.5 Å². The lowest BCUT2D eigenvalue weighted by atomic mass is 10.0. The Labute approximate surface area is 213 Å². The monoisotopic (exact) mass is 538 g/mol. The van der Waals surface area contributed by atoms with E-state index in [9.17, 15) is 14.4 Å². The third kappa shape index (κ3) is 8.57. The third-order valence-electron chi connectivity index (χ3n) is 5.26. The highest BCUT2D eigenvalue weighted by molar-refractivity contribution is 9.10. The molecule has 0 saturated carbocycles. The first-order chi connectivity index (χ1) is 16.9. The Morgan fingerprint density at radius 2 is 1.29 bits per heavy atom. The number of alkyl carbamates (subject to hydrolysis) is 1. The zero-order valence-corrected chi connectivity index (χ0v) is 20.9. The van der Waals surface area contributed by atoms with E-state index in [-0.39, 0.29) is 19.4 Å². The van der Waals surface area contributed by atoms with E-state index in [0.717, 1.165) is 21.2 Å². The van der Waals surface area contributed by atoms with Crippen molar-refractivity contribution in [2.75, 3.05) is 7.11 Å². The summed E-state index contributed by atoms with van der Waals surface area (Å²) in [5, 5.41) is 5.37. The molecule has 182 valence electrons. The van der Waals surface area contributed by atoms with Gasteiger partial charge in [-0.3, -0.25) is 4.79 Å². The normalized spacial score (nSPS) is 12.2. The molecular formula is C27H27BrN2O5. The van der Waals surface area contributed by atoms with Crippen molar-refractivity contribution in [3.63, 3.8) is 0 Å². The SMILES string of the molecule is COC(=O)[C@H](Cc1ccc(Br)cc1)NC(=O)[C@H](Cc1ccccc1)NC(=O)OCc1ccccc1. The predicted octanol–water partition coefficient (Wildman–Crippen LogP) is 4.19. The van der Waals surface area contributed by atoms with Gasteiger partial charge >= 0.3 is 12.1 Å². The second-order valence-electron chi connectivity index (χ2n) is 7.86. The minimum absolute atomic E-state index is 0.0701. The van der Waals surface area contributed by atoms with Crippen molar-refractivity contribution in [1.82, 2.24) is 10.6 Å². The molecule has 0 unspecified atom stereocenters. The first-order valence-electron chi connectivity index (χ1n) is 11.1. The highest BCUT2D eigenvalue weighted by Gasteiger charge is 2.28. The van der Waals surface area contributed by atoms with Gasteiger partial charge in [-0.2, -0.15) is 0 Å². The molecule has 0 aliphatic rings. The lowest BCUT2D eigenvalue weighted by Gasteiger charge is -2.22. The molecule has 0 aromatic heterocycles. The van der Waals surface area contributed by atoms with Crippen LogP contribution in [-0.4, -0.2) is 37.2 Å². The summed E-state index contributed by atoms with van der Waals surface area (Å²) in [6.07, 6.45) is -0.269. The smallest absolute Gasteiger partial charge is 0.408 e. The highest BCUT2D eigenvalue weighted by Crippen LogP contribution is 2.13. The fourth-order valence-electron chi connectivity index (χ4n) is 3.43. The van der Waals surface area contributed by atoms with Gasteiger partial charge in [0.2, 0.25) is 5.91 Å². The molecule has 0 bridgehead atoms. The van der Waals surface area contributed by atoms with Gasteiger partial charge in [-0.15, -0.1) is 0 Å². The van der Waals surface area contributed by atoms with Crippen molar-refractivity contribution in [3.05, 3.63) is 106 Å². The van der Waals surface area contributed by atoms with Gasteiger partial charge in [0.25, 0.3) is 0 Å². The molecule has 8 heteroatoms. The number of halogens is 1. The van der Waals surface area contributed by atoms with Crippen LogP contribution in [0.3, 0.4) is 0 Å². The Hall–Kier alpha value is -3.65. The lowest BCUT2D eigenvalue weighted by molar-refractivity contribution is -0.145. The number of carbonyl (C=O) groups is 3. The van der Waals surface area contributed by atoms with Crippen molar-refractivity contribution in [2.24, 2.45) is 0 Å². The van der Waals surface area contributed by atoms with Crippen LogP contribution in [0.25, 0.3) is 0 Å². The highest BCUT2D eigenvalue weighted by atomic mass is 79.9. The van der Waals surface area contributed by atoms with Crippen molar-refractivity contribution in [3.8, 4) is 0 Å². The van der Waals surface area contributed by atoms with Crippen molar-refractivity contribution >= 4 is 33.9 Å². The van der Waals surface area contributed by atoms with Gasteiger partial charge in [0.1, 0.15) is 18.7 Å². The first kappa shape index (κ1) is 26.0. The van der Waals surface area contributed by atoms with E-state index in [1.165, 1.54) is 7.11 Å². The maximum absolute atomic E-state index is 13.2. The number of amides is 2. The molecule has 3 aromatic rings. The molecule has 2 atom stereocenters. The third-order valence-corrected chi connectivity index (χ3v) is 5.79. The van der Waals surface area contributed by atoms with Crippen LogP contribution >= 0.6 is 15.9 Å². The van der Waals surface area contributed by atoms with Gasteiger partial charge in [-0.25, -0.2) is 9.59 Å². The molecule has 0 spiro atoms. The average molecular weight is 539 g/mol. The largest absolute Gasteiger partial charge is 0.467 e. The fourth-order valence-corrected chi connectivity index (χ4v) is 3.69. The second kappa shape index (κ2) is 13.3. The number of rotatable bonds is 10. The summed E-state index contributed by atoms with van der Waals surface area (Å²) in [6.45, 7) is 0.0701. The number of ether oxygens (including phenoxy) is 2. The van der Waals surface area contributed by atoms with Gasteiger partial charge in [0.15, 0.2) is 0 Å². The number of hydrogen-bond acceptors (Lipinski definition) is 5. The summed E-state index contributed by atoms with van der Waals surface area (Å²) in [4.78, 5) is 38.2. The maximum atomic E-state index is 13.2. The van der Waals surface area contributed by atoms with Gasteiger partial charge in [-0.05, 0) is 28.8 Å². The Morgan fingerprint density at radius 1 is 0.743 bits per heavy atom. The molecule has 2 amide bonds. The lowest BCUT2D eigenvalue weighted by Crippen LogP contribution is -2.53. The molecule has 0 aliphatic heterocycles. The summed E-state index contributed by atoms with van der Waals surface area (Å²) in [7, 11) is 1.27. The summed E-state index contributed by atoms with van der Waals surface area (Å²) in [6, 6.07) is 24.1. The number of benzene rings is 3. The molecule has 7 nitrogen and oxygen atoms in total. The Balaban J connectivity index is 1.71. The van der Waals surface area contributed by atoms with Crippen LogP contribution in [0.1, 0.15) is 16.7 Å². The maximum Gasteiger partial charge on any atom is 0.408 e. The fraction of sp³-hybridized carbons (Fsp3) is 0.222. The molecule has 3 rings (SSSR count). The van der Waals surface area contributed by atoms with E-state index in [4.69, 9.17) is 9.47 Å². The summed E-state index contributed by atoms with van der Waals surface area (Å²) >= 11 is 3.38. The van der Waals surface area contributed by atoms with Crippen LogP contribution < -0.4 is 10.6 Å².